The molecule has 1 aliphatic rings. The van der Waals surface area contributed by atoms with Crippen molar-refractivity contribution < 1.29 is 58.5 Å². The number of thiocarbonyl (C=S) groups is 1. The Hall–Kier alpha value is -7.30. The van der Waals surface area contributed by atoms with Crippen molar-refractivity contribution in [1.82, 2.24) is 40.4 Å². The average molecular weight is 1170 g/mol. The molecule has 1 saturated heterocycles. The number of nitrogens with one attached hydrogen (secondary N) is 4. The maximum atomic E-state index is 14.0. The molecule has 0 radical (unpaired) electrons. The molecule has 1 aliphatic heterocycles. The van der Waals surface area contributed by atoms with Crippen LogP contribution in [0.3, 0.4) is 0 Å². The molecule has 3 aromatic rings. The molecule has 4 rings (SSSR count). The minimum Gasteiger partial charge on any atom is -0.481 e. The second-order valence-electron chi connectivity index (χ2n) is 18.9. The lowest BCUT2D eigenvalue weighted by molar-refractivity contribution is -0.141. The first-order valence-electron chi connectivity index (χ1n) is 25.1. The molecule has 27 heteroatoms. The summed E-state index contributed by atoms with van der Waals surface area (Å²) in [6.07, 6.45) is 0.0981. The van der Waals surface area contributed by atoms with Gasteiger partial charge in [-0.05, 0) is 97.4 Å². The van der Waals surface area contributed by atoms with Crippen LogP contribution in [0.25, 0.3) is 0 Å². The van der Waals surface area contributed by atoms with Crippen LogP contribution in [0.2, 0.25) is 0 Å². The van der Waals surface area contributed by atoms with Gasteiger partial charge in [-0.3, -0.25) is 48.4 Å². The van der Waals surface area contributed by atoms with Crippen molar-refractivity contribution in [2.75, 3.05) is 83.9 Å². The highest BCUT2D eigenvalue weighted by atomic mass is 79.9. The largest absolute Gasteiger partial charge is 0.481 e. The Balaban J connectivity index is 1.38. The summed E-state index contributed by atoms with van der Waals surface area (Å²) >= 11 is 9.05. The lowest BCUT2D eigenvalue weighted by Crippen LogP contribution is -2.54. The first kappa shape index (κ1) is 63.2. The molecule has 78 heavy (non-hydrogen) atoms. The normalized spacial score (nSPS) is 15.7. The maximum Gasteiger partial charge on any atom is 0.326 e. The molecule has 3 aromatic carbocycles. The molecule has 0 aromatic heterocycles. The number of nitrogens with two attached hydrogens (primary N) is 4. The Kier molecular flexibility index (Phi) is 26.3. The van der Waals surface area contributed by atoms with E-state index >= 15 is 0 Å². The molecule has 0 saturated carbocycles. The van der Waals surface area contributed by atoms with Crippen LogP contribution in [0.15, 0.2) is 77.3 Å². The number of carbonyl (C=O) groups excluding carboxylic acids is 6. The number of carbonyl (C=O) groups is 9. The average Bonchev–Trinajstić information content (AvgIpc) is 3.37. The van der Waals surface area contributed by atoms with Crippen LogP contribution in [0.5, 0.6) is 0 Å². The Labute approximate surface area is 465 Å². The number of carboxylic acid groups (broad SMARTS) is 3. The standard InChI is InChI=1S/C51H70BrN13O12S/c52-37-12-6-35(7-13-37)27-65(18-2-1-3-40(48(73)74)59-50(77)60-41(49(75)76)16-17-46(70)71)47(72)36-10-4-34(5-11-36)26-57-51(78)58-38-14-8-33(9-15-38)25-39-28-63(31-44(55)68)22-21-61(29-42(53)66)19-20-62(30-43(54)67)23-24-64(39)32-45(56)69/h4-15,39-41H,1-3,16-32H2,(H2,53,66)(H2,54,67)(H2,55,68)(H2,56,69)(H,70,71)(H,73,74)(H,75,76)(H2,57,58,78)(H2,59,60,77)/t39?,40-,41-/m0/s1. The molecule has 0 aliphatic carbocycles. The van der Waals surface area contributed by atoms with Crippen molar-refractivity contribution in [1.29, 1.82) is 0 Å². The van der Waals surface area contributed by atoms with Gasteiger partial charge in [-0.25, -0.2) is 14.4 Å². The van der Waals surface area contributed by atoms with Crippen molar-refractivity contribution in [2.45, 2.75) is 69.7 Å². The van der Waals surface area contributed by atoms with Crippen molar-refractivity contribution in [3.05, 3.63) is 99.5 Å². The van der Waals surface area contributed by atoms with Crippen LogP contribution in [0.4, 0.5) is 10.5 Å². The van der Waals surface area contributed by atoms with Gasteiger partial charge in [0.1, 0.15) is 12.1 Å². The van der Waals surface area contributed by atoms with Gasteiger partial charge in [0, 0.05) is 93.6 Å². The summed E-state index contributed by atoms with van der Waals surface area (Å²) in [7, 11) is 0. The summed E-state index contributed by atoms with van der Waals surface area (Å²) < 4.78 is 0.853. The lowest BCUT2D eigenvalue weighted by atomic mass is 10.0. The van der Waals surface area contributed by atoms with E-state index in [0.717, 1.165) is 21.2 Å². The fourth-order valence-corrected chi connectivity index (χ4v) is 9.08. The minimum atomic E-state index is -1.54. The number of nitrogens with zero attached hydrogens (tertiary/aromatic N) is 5. The van der Waals surface area contributed by atoms with E-state index in [1.807, 2.05) is 68.1 Å². The smallest absolute Gasteiger partial charge is 0.326 e. The Bertz CT molecular complexity index is 2550. The first-order chi connectivity index (χ1) is 37.0. The number of anilines is 1. The molecule has 1 heterocycles. The van der Waals surface area contributed by atoms with E-state index < -0.39 is 72.5 Å². The number of amides is 7. The summed E-state index contributed by atoms with van der Waals surface area (Å²) in [5.41, 5.74) is 26.2. The van der Waals surface area contributed by atoms with E-state index in [4.69, 9.17) is 40.3 Å². The fraction of sp³-hybridized carbons (Fsp3) is 0.451. The summed E-state index contributed by atoms with van der Waals surface area (Å²) in [5, 5.41) is 39.1. The van der Waals surface area contributed by atoms with E-state index in [2.05, 4.69) is 37.2 Å². The van der Waals surface area contributed by atoms with Gasteiger partial charge in [-0.1, -0.05) is 52.3 Å². The van der Waals surface area contributed by atoms with Crippen molar-refractivity contribution >= 4 is 92.4 Å². The number of hydrogen-bond acceptors (Lipinski definition) is 14. The summed E-state index contributed by atoms with van der Waals surface area (Å²) in [4.78, 5) is 119. The van der Waals surface area contributed by atoms with Gasteiger partial charge in [0.25, 0.3) is 5.91 Å². The van der Waals surface area contributed by atoms with E-state index in [1.165, 1.54) is 0 Å². The third-order valence-electron chi connectivity index (χ3n) is 12.6. The van der Waals surface area contributed by atoms with Crippen LogP contribution >= 0.6 is 28.1 Å². The number of carboxylic acids is 3. The highest BCUT2D eigenvalue weighted by Gasteiger charge is 2.28. The number of unbranched alkanes of at least 4 members (excludes halogenated alkanes) is 1. The quantitative estimate of drug-likeness (QED) is 0.0334. The maximum absolute atomic E-state index is 14.0. The van der Waals surface area contributed by atoms with Crippen molar-refractivity contribution in [2.24, 2.45) is 22.9 Å². The van der Waals surface area contributed by atoms with Crippen molar-refractivity contribution in [3.8, 4) is 0 Å². The minimum absolute atomic E-state index is 0.0297. The lowest BCUT2D eigenvalue weighted by Gasteiger charge is -2.38. The van der Waals surface area contributed by atoms with Crippen LogP contribution in [0, 0.1) is 0 Å². The SMILES string of the molecule is NC(=O)CN1CCN(CC(N)=O)CCN(CC(N)=O)C(Cc2ccc(NC(=S)NCc3ccc(C(=O)N(CCCC[C@H](NC(=O)N[C@@H](CCC(=O)O)C(=O)O)C(=O)O)Cc4ccc(Br)cc4)cc3)cc2)CN(CC(N)=O)CC1. The third kappa shape index (κ3) is 23.9. The monoisotopic (exact) mass is 1170 g/mol. The molecule has 1 unspecified atom stereocenters. The van der Waals surface area contributed by atoms with Crippen LogP contribution in [-0.2, 0) is 53.1 Å². The van der Waals surface area contributed by atoms with Gasteiger partial charge < -0.3 is 64.4 Å². The Morgan fingerprint density at radius 1 is 0.628 bits per heavy atom. The molecule has 7 amide bonds. The van der Waals surface area contributed by atoms with Gasteiger partial charge in [-0.15, -0.1) is 0 Å². The number of urea groups is 1. The molecule has 25 nitrogen and oxygen atoms in total. The van der Waals surface area contributed by atoms with Crippen molar-refractivity contribution in [3.63, 3.8) is 0 Å². The second-order valence-corrected chi connectivity index (χ2v) is 20.2. The third-order valence-corrected chi connectivity index (χ3v) is 13.4. The van der Waals surface area contributed by atoms with E-state index in [9.17, 15) is 53.4 Å². The predicted molar refractivity (Wildman–Crippen MR) is 295 cm³/mol. The van der Waals surface area contributed by atoms with Gasteiger partial charge in [0.15, 0.2) is 5.11 Å². The zero-order valence-corrected chi connectivity index (χ0v) is 45.6. The zero-order valence-electron chi connectivity index (χ0n) is 43.1. The number of hydrogen-bond donors (Lipinski definition) is 11. The topological polar surface area (TPSA) is 383 Å². The molecule has 0 bridgehead atoms. The molecule has 3 atom stereocenters. The number of halogens is 1. The van der Waals surface area contributed by atoms with Gasteiger partial charge in [0.05, 0.1) is 26.2 Å². The van der Waals surface area contributed by atoms with Gasteiger partial charge in [0.2, 0.25) is 23.6 Å². The van der Waals surface area contributed by atoms with Crippen LogP contribution in [0.1, 0.15) is 59.2 Å². The number of primary amides is 4. The zero-order chi connectivity index (χ0) is 57.3. The Morgan fingerprint density at radius 3 is 1.67 bits per heavy atom. The first-order valence-corrected chi connectivity index (χ1v) is 26.3. The molecule has 0 spiro atoms. The van der Waals surface area contributed by atoms with E-state index in [1.54, 1.807) is 29.2 Å². The number of benzene rings is 3. The summed E-state index contributed by atoms with van der Waals surface area (Å²) in [6, 6.07) is 17.6. The molecular formula is C51H70BrN13O12S. The number of aliphatic carboxylic acids is 3. The van der Waals surface area contributed by atoms with E-state index in [0.29, 0.717) is 81.6 Å². The summed E-state index contributed by atoms with van der Waals surface area (Å²) in [5.74, 6) is -6.51. The van der Waals surface area contributed by atoms with Crippen LogP contribution in [-0.4, -0.2) is 195 Å². The van der Waals surface area contributed by atoms with Crippen LogP contribution < -0.4 is 44.2 Å². The highest BCUT2D eigenvalue weighted by Crippen LogP contribution is 2.19. The Morgan fingerprint density at radius 2 is 1.13 bits per heavy atom. The number of rotatable bonds is 28. The molecule has 15 N–H and O–H groups in total. The second kappa shape index (κ2) is 32.4. The predicted octanol–water partition coefficient (Wildman–Crippen LogP) is -0.107. The molecule has 424 valence electrons. The molecular weight excluding hydrogens is 1100 g/mol. The fourth-order valence-electron chi connectivity index (χ4n) is 8.63. The van der Waals surface area contributed by atoms with Gasteiger partial charge >= 0.3 is 23.9 Å². The van der Waals surface area contributed by atoms with Gasteiger partial charge in [-0.2, -0.15) is 0 Å². The van der Waals surface area contributed by atoms with E-state index in [-0.39, 0.29) is 64.1 Å². The summed E-state index contributed by atoms with van der Waals surface area (Å²) in [6.45, 7) is 3.04. The highest BCUT2D eigenvalue weighted by molar-refractivity contribution is 9.10. The molecule has 1 fully saturated rings.